The molecule has 22 heavy (non-hydrogen) atoms. The molecule has 0 aromatic heterocycles. The first kappa shape index (κ1) is 18.6. The van der Waals surface area contributed by atoms with Crippen LogP contribution in [0.5, 0.6) is 0 Å². The van der Waals surface area contributed by atoms with E-state index in [-0.39, 0.29) is 23.9 Å². The van der Waals surface area contributed by atoms with E-state index in [4.69, 9.17) is 0 Å². The molecule has 1 aromatic rings. The molecule has 0 aliphatic carbocycles. The van der Waals surface area contributed by atoms with Crippen LogP contribution in [0.4, 0.5) is 0 Å². The van der Waals surface area contributed by atoms with E-state index >= 15 is 0 Å². The first-order chi connectivity index (χ1) is 10.5. The summed E-state index contributed by atoms with van der Waals surface area (Å²) >= 11 is 0. The number of nitrogens with one attached hydrogen (secondary N) is 2. The Morgan fingerprint density at radius 2 is 1.73 bits per heavy atom. The van der Waals surface area contributed by atoms with Crippen LogP contribution in [0.15, 0.2) is 29.2 Å². The minimum Gasteiger partial charge on any atom is -0.355 e. The Balaban J connectivity index is 2.48. The molecule has 6 heteroatoms. The lowest BCUT2D eigenvalue weighted by atomic mass is 10.1. The van der Waals surface area contributed by atoms with Crippen LogP contribution in [-0.2, 0) is 21.2 Å². The lowest BCUT2D eigenvalue weighted by Gasteiger charge is -2.08. The van der Waals surface area contributed by atoms with Gasteiger partial charge in [0.05, 0.1) is 4.90 Å². The summed E-state index contributed by atoms with van der Waals surface area (Å²) in [5.41, 5.74) is 1.16. The molecule has 0 saturated heterocycles. The summed E-state index contributed by atoms with van der Waals surface area (Å²) in [4.78, 5) is 11.0. The lowest BCUT2D eigenvalue weighted by molar-refractivity contribution is -0.118. The first-order valence-corrected chi connectivity index (χ1v) is 9.27. The molecule has 5 nitrogen and oxygen atoms in total. The van der Waals surface area contributed by atoms with Crippen molar-refractivity contribution < 1.29 is 13.2 Å². The molecule has 0 spiro atoms. The highest BCUT2D eigenvalue weighted by Crippen LogP contribution is 2.13. The molecule has 0 aliphatic rings. The van der Waals surface area contributed by atoms with E-state index in [0.717, 1.165) is 18.4 Å². The fraction of sp³-hybridized carbons (Fsp3) is 0.562. The number of aryl methyl sites for hydroxylation is 1. The van der Waals surface area contributed by atoms with E-state index in [2.05, 4.69) is 17.0 Å². The smallest absolute Gasteiger partial charge is 0.240 e. The van der Waals surface area contributed by atoms with E-state index < -0.39 is 10.0 Å². The lowest BCUT2D eigenvalue weighted by Crippen LogP contribution is -2.33. The summed E-state index contributed by atoms with van der Waals surface area (Å²) in [5, 5.41) is 2.55. The van der Waals surface area contributed by atoms with Gasteiger partial charge in [0.1, 0.15) is 0 Å². The van der Waals surface area contributed by atoms with E-state index in [1.54, 1.807) is 12.1 Å². The van der Waals surface area contributed by atoms with E-state index in [1.807, 2.05) is 12.1 Å². The minimum absolute atomic E-state index is 0.174. The molecule has 2 N–H and O–H groups in total. The van der Waals surface area contributed by atoms with Crippen LogP contribution >= 0.6 is 0 Å². The molecule has 0 fully saturated rings. The maximum atomic E-state index is 12.1. The van der Waals surface area contributed by atoms with Crippen LogP contribution in [0.3, 0.4) is 0 Å². The third-order valence-electron chi connectivity index (χ3n) is 3.34. The minimum atomic E-state index is -3.51. The number of benzene rings is 1. The topological polar surface area (TPSA) is 75.3 Å². The highest BCUT2D eigenvalue weighted by Gasteiger charge is 2.12. The van der Waals surface area contributed by atoms with Gasteiger partial charge >= 0.3 is 0 Å². The molecule has 0 atom stereocenters. The fourth-order valence-electron chi connectivity index (χ4n) is 2.10. The summed E-state index contributed by atoms with van der Waals surface area (Å²) in [7, 11) is -3.51. The largest absolute Gasteiger partial charge is 0.355 e. The zero-order valence-electron chi connectivity index (χ0n) is 13.4. The predicted molar refractivity (Wildman–Crippen MR) is 88.2 cm³/mol. The van der Waals surface area contributed by atoms with Gasteiger partial charge in [-0.1, -0.05) is 38.3 Å². The third-order valence-corrected chi connectivity index (χ3v) is 4.82. The van der Waals surface area contributed by atoms with Crippen molar-refractivity contribution in [2.24, 2.45) is 0 Å². The maximum Gasteiger partial charge on any atom is 0.240 e. The van der Waals surface area contributed by atoms with Gasteiger partial charge in [0.2, 0.25) is 15.9 Å². The van der Waals surface area contributed by atoms with Crippen LogP contribution in [0.25, 0.3) is 0 Å². The van der Waals surface area contributed by atoms with Crippen molar-refractivity contribution in [3.63, 3.8) is 0 Å². The molecular weight excluding hydrogens is 300 g/mol. The van der Waals surface area contributed by atoms with Crippen LogP contribution < -0.4 is 10.0 Å². The van der Waals surface area contributed by atoms with Gasteiger partial charge in [0.15, 0.2) is 0 Å². The first-order valence-electron chi connectivity index (χ1n) is 7.78. The molecule has 1 amide bonds. The third kappa shape index (κ3) is 7.04. The van der Waals surface area contributed by atoms with Gasteiger partial charge < -0.3 is 5.32 Å². The normalized spacial score (nSPS) is 11.4. The number of carbonyl (C=O) groups excluding carboxylic acids is 1. The average Bonchev–Trinajstić information content (AvgIpc) is 2.48. The van der Waals surface area contributed by atoms with Gasteiger partial charge in [-0.2, -0.15) is 0 Å². The molecular formula is C16H26N2O3S. The zero-order valence-corrected chi connectivity index (χ0v) is 14.2. The Hall–Kier alpha value is -1.40. The molecule has 1 rings (SSSR count). The summed E-state index contributed by atoms with van der Waals surface area (Å²) in [6, 6.07) is 7.01. The number of unbranched alkanes of at least 4 members (excludes halogenated alkanes) is 3. The van der Waals surface area contributed by atoms with Crippen molar-refractivity contribution in [3.05, 3.63) is 29.8 Å². The second-order valence-corrected chi connectivity index (χ2v) is 7.10. The number of hydrogen-bond donors (Lipinski definition) is 2. The fourth-order valence-corrected chi connectivity index (χ4v) is 3.13. The zero-order chi connectivity index (χ0) is 16.4. The predicted octanol–water partition coefficient (Wildman–Crippen LogP) is 2.22. The Morgan fingerprint density at radius 1 is 1.05 bits per heavy atom. The van der Waals surface area contributed by atoms with Gasteiger partial charge in [-0.05, 0) is 30.5 Å². The summed E-state index contributed by atoms with van der Waals surface area (Å²) in [6.07, 6.45) is 5.78. The van der Waals surface area contributed by atoms with Crippen LogP contribution in [0.2, 0.25) is 0 Å². The molecule has 124 valence electrons. The highest BCUT2D eigenvalue weighted by molar-refractivity contribution is 7.89. The number of hydrogen-bond acceptors (Lipinski definition) is 3. The highest BCUT2D eigenvalue weighted by atomic mass is 32.2. The standard InChI is InChI=1S/C16H26N2O3S/c1-3-4-5-6-7-15-8-10-16(11-9-15)22(20,21)18-13-12-17-14(2)19/h8-11,18H,3-7,12-13H2,1-2H3,(H,17,19). The summed E-state index contributed by atoms with van der Waals surface area (Å²) < 4.78 is 26.6. The molecule has 0 radical (unpaired) electrons. The van der Waals surface area contributed by atoms with Gasteiger partial charge in [-0.3, -0.25) is 4.79 Å². The van der Waals surface area contributed by atoms with Gasteiger partial charge in [-0.15, -0.1) is 0 Å². The number of carbonyl (C=O) groups is 1. The van der Waals surface area contributed by atoms with E-state index in [9.17, 15) is 13.2 Å². The Morgan fingerprint density at radius 3 is 2.32 bits per heavy atom. The second kappa shape index (κ2) is 9.58. The van der Waals surface area contributed by atoms with Crippen LogP contribution in [-0.4, -0.2) is 27.4 Å². The van der Waals surface area contributed by atoms with Crippen LogP contribution in [0, 0.1) is 0 Å². The Kier molecular flexibility index (Phi) is 8.12. The van der Waals surface area contributed by atoms with Crippen molar-refractivity contribution in [1.82, 2.24) is 10.0 Å². The molecule has 0 aliphatic heterocycles. The van der Waals surface area contributed by atoms with E-state index in [0.29, 0.717) is 0 Å². The van der Waals surface area contributed by atoms with Gasteiger partial charge in [-0.25, -0.2) is 13.1 Å². The summed E-state index contributed by atoms with van der Waals surface area (Å²) in [6.45, 7) is 4.04. The van der Waals surface area contributed by atoms with Crippen LogP contribution in [0.1, 0.15) is 45.1 Å². The van der Waals surface area contributed by atoms with Gasteiger partial charge in [0, 0.05) is 20.0 Å². The summed E-state index contributed by atoms with van der Waals surface area (Å²) in [5.74, 6) is -0.174. The van der Waals surface area contributed by atoms with Crippen molar-refractivity contribution in [1.29, 1.82) is 0 Å². The Bertz CT molecular complexity index is 553. The molecule has 1 aromatic carbocycles. The van der Waals surface area contributed by atoms with E-state index in [1.165, 1.54) is 26.2 Å². The van der Waals surface area contributed by atoms with Crippen molar-refractivity contribution in [2.45, 2.75) is 50.8 Å². The van der Waals surface area contributed by atoms with Crippen molar-refractivity contribution in [2.75, 3.05) is 13.1 Å². The molecule has 0 saturated carbocycles. The molecule has 0 heterocycles. The molecule has 0 bridgehead atoms. The maximum absolute atomic E-state index is 12.1. The molecule has 0 unspecified atom stereocenters. The van der Waals surface area contributed by atoms with Crippen molar-refractivity contribution >= 4 is 15.9 Å². The average molecular weight is 326 g/mol. The quantitative estimate of drug-likeness (QED) is 0.647. The second-order valence-electron chi connectivity index (χ2n) is 5.34. The SMILES string of the molecule is CCCCCCc1ccc(S(=O)(=O)NCCNC(C)=O)cc1. The number of rotatable bonds is 10. The Labute approximate surface area is 133 Å². The van der Waals surface area contributed by atoms with Gasteiger partial charge in [0.25, 0.3) is 0 Å². The number of sulfonamides is 1. The monoisotopic (exact) mass is 326 g/mol. The number of amides is 1. The van der Waals surface area contributed by atoms with Crippen molar-refractivity contribution in [3.8, 4) is 0 Å².